The predicted octanol–water partition coefficient (Wildman–Crippen LogP) is 2.56. The molecule has 0 aliphatic heterocycles. The number of rotatable bonds is 2. The summed E-state index contributed by atoms with van der Waals surface area (Å²) in [5.41, 5.74) is -0.101. The van der Waals surface area contributed by atoms with E-state index in [2.05, 4.69) is 4.98 Å². The molecule has 0 spiro atoms. The van der Waals surface area contributed by atoms with E-state index in [1.807, 2.05) is 0 Å². The molecule has 0 amide bonds. The van der Waals surface area contributed by atoms with E-state index < -0.39 is 6.43 Å². The molecule has 1 aromatic rings. The molecule has 1 aromatic heterocycles. The highest BCUT2D eigenvalue weighted by Gasteiger charge is 2.17. The van der Waals surface area contributed by atoms with Crippen LogP contribution < -0.4 is 0 Å². The normalized spacial score (nSPS) is 9.73. The van der Waals surface area contributed by atoms with Gasteiger partial charge in [-0.2, -0.15) is 10.5 Å². The Balaban J connectivity index is 3.35. The smallest absolute Gasteiger partial charge is 0.240 e. The molecule has 0 fully saturated rings. The molecule has 0 aromatic carbocycles. The van der Waals surface area contributed by atoms with Crippen molar-refractivity contribution in [1.82, 2.24) is 4.98 Å². The number of nitriles is 2. The van der Waals surface area contributed by atoms with Crippen LogP contribution in [0.3, 0.4) is 0 Å². The van der Waals surface area contributed by atoms with Crippen molar-refractivity contribution in [2.75, 3.05) is 0 Å². The van der Waals surface area contributed by atoms with Crippen molar-refractivity contribution in [1.29, 1.82) is 10.5 Å². The molecule has 1 rings (SSSR count). The van der Waals surface area contributed by atoms with E-state index in [1.54, 1.807) is 34.7 Å². The largest absolute Gasteiger partial charge is 0.265 e. The zero-order chi connectivity index (χ0) is 11.4. The topological polar surface area (TPSA) is 60.5 Å². The Morgan fingerprint density at radius 2 is 2.13 bits per heavy atom. The molecule has 0 atom stereocenters. The molecule has 0 aliphatic rings. The molecule has 0 bridgehead atoms. The van der Waals surface area contributed by atoms with Crippen LogP contribution in [0.15, 0.2) is 6.07 Å². The Labute approximate surface area is 98.5 Å². The number of pyridine rings is 1. The number of alkyl halides is 2. The fourth-order valence-electron chi connectivity index (χ4n) is 1.01. The lowest BCUT2D eigenvalue weighted by Crippen LogP contribution is -2.01. The standard InChI is InChI=1S/C9H4F2IN3/c10-9(11)6-3-5(1-2-13)15-7(4-14)8(6)12/h3,9H,1H2. The second-order valence-corrected chi connectivity index (χ2v) is 3.69. The van der Waals surface area contributed by atoms with Crippen LogP contribution in [0.2, 0.25) is 0 Å². The highest BCUT2D eigenvalue weighted by atomic mass is 127. The minimum absolute atomic E-state index is 0.0568. The molecular formula is C9H4F2IN3. The zero-order valence-electron chi connectivity index (χ0n) is 7.34. The molecule has 76 valence electrons. The molecule has 0 saturated carbocycles. The first-order valence-corrected chi connectivity index (χ1v) is 4.92. The first-order chi connectivity index (χ1) is 7.10. The van der Waals surface area contributed by atoms with E-state index in [0.717, 1.165) is 6.07 Å². The number of hydrogen-bond acceptors (Lipinski definition) is 3. The van der Waals surface area contributed by atoms with Gasteiger partial charge in [0.1, 0.15) is 6.07 Å². The van der Waals surface area contributed by atoms with Crippen LogP contribution >= 0.6 is 22.6 Å². The van der Waals surface area contributed by atoms with Gasteiger partial charge in [0, 0.05) is 5.56 Å². The molecule has 1 heterocycles. The molecule has 6 heteroatoms. The summed E-state index contributed by atoms with van der Waals surface area (Å²) in [5.74, 6) is 0. The quantitative estimate of drug-likeness (QED) is 0.787. The van der Waals surface area contributed by atoms with Crippen molar-refractivity contribution in [3.8, 4) is 12.1 Å². The van der Waals surface area contributed by atoms with Crippen LogP contribution in [0.5, 0.6) is 0 Å². The summed E-state index contributed by atoms with van der Waals surface area (Å²) in [7, 11) is 0. The number of hydrogen-bond donors (Lipinski definition) is 0. The molecule has 0 saturated heterocycles. The second kappa shape index (κ2) is 4.99. The predicted molar refractivity (Wildman–Crippen MR) is 55.9 cm³/mol. The van der Waals surface area contributed by atoms with Gasteiger partial charge in [-0.15, -0.1) is 0 Å². The summed E-state index contributed by atoms with van der Waals surface area (Å²) in [4.78, 5) is 3.80. The van der Waals surface area contributed by atoms with Gasteiger partial charge in [-0.3, -0.25) is 0 Å². The summed E-state index contributed by atoms with van der Waals surface area (Å²) in [6.07, 6.45) is -2.74. The van der Waals surface area contributed by atoms with Gasteiger partial charge in [-0.05, 0) is 28.7 Å². The number of nitrogens with zero attached hydrogens (tertiary/aromatic N) is 3. The van der Waals surface area contributed by atoms with E-state index in [9.17, 15) is 8.78 Å². The molecule has 3 nitrogen and oxygen atoms in total. The van der Waals surface area contributed by atoms with Crippen LogP contribution in [0, 0.1) is 26.2 Å². The number of aromatic nitrogens is 1. The van der Waals surface area contributed by atoms with E-state index in [0.29, 0.717) is 0 Å². The average Bonchev–Trinajstić information content (AvgIpc) is 2.20. The Kier molecular flexibility index (Phi) is 3.92. The summed E-state index contributed by atoms with van der Waals surface area (Å²) in [6.45, 7) is 0. The number of halogens is 3. The summed E-state index contributed by atoms with van der Waals surface area (Å²) in [5, 5.41) is 17.1. The lowest BCUT2D eigenvalue weighted by Gasteiger charge is -2.06. The van der Waals surface area contributed by atoms with Crippen LogP contribution in [0.25, 0.3) is 0 Å². The third-order valence-corrected chi connectivity index (χ3v) is 2.77. The van der Waals surface area contributed by atoms with Gasteiger partial charge in [0.15, 0.2) is 5.69 Å². The van der Waals surface area contributed by atoms with Gasteiger partial charge in [0.05, 0.1) is 21.8 Å². The van der Waals surface area contributed by atoms with Crippen LogP contribution in [0.1, 0.15) is 23.4 Å². The third-order valence-electron chi connectivity index (χ3n) is 1.64. The van der Waals surface area contributed by atoms with E-state index in [-0.39, 0.29) is 26.9 Å². The van der Waals surface area contributed by atoms with Crippen molar-refractivity contribution < 1.29 is 8.78 Å². The van der Waals surface area contributed by atoms with Crippen molar-refractivity contribution >= 4 is 22.6 Å². The molecule has 15 heavy (non-hydrogen) atoms. The zero-order valence-corrected chi connectivity index (χ0v) is 9.49. The fraction of sp³-hybridized carbons (Fsp3) is 0.222. The van der Waals surface area contributed by atoms with Crippen LogP contribution in [-0.2, 0) is 6.42 Å². The molecule has 0 unspecified atom stereocenters. The second-order valence-electron chi connectivity index (χ2n) is 2.61. The van der Waals surface area contributed by atoms with Gasteiger partial charge in [-0.25, -0.2) is 13.8 Å². The maximum atomic E-state index is 12.5. The lowest BCUT2D eigenvalue weighted by molar-refractivity contribution is 0.150. The summed E-state index contributed by atoms with van der Waals surface area (Å²) < 4.78 is 25.2. The highest BCUT2D eigenvalue weighted by Crippen LogP contribution is 2.26. The first kappa shape index (κ1) is 11.8. The Bertz CT molecular complexity index is 460. The lowest BCUT2D eigenvalue weighted by atomic mass is 10.1. The minimum Gasteiger partial charge on any atom is -0.240 e. The van der Waals surface area contributed by atoms with E-state index >= 15 is 0 Å². The van der Waals surface area contributed by atoms with Gasteiger partial charge < -0.3 is 0 Å². The van der Waals surface area contributed by atoms with Crippen LogP contribution in [0.4, 0.5) is 8.78 Å². The molecule has 0 radical (unpaired) electrons. The summed E-state index contributed by atoms with van der Waals surface area (Å²) in [6, 6.07) is 4.69. The van der Waals surface area contributed by atoms with Gasteiger partial charge in [0.2, 0.25) is 0 Å². The third kappa shape index (κ3) is 2.60. The minimum atomic E-state index is -2.66. The first-order valence-electron chi connectivity index (χ1n) is 3.84. The Morgan fingerprint density at radius 3 is 2.60 bits per heavy atom. The Hall–Kier alpha value is -1.28. The van der Waals surface area contributed by atoms with E-state index in [1.165, 1.54) is 0 Å². The highest BCUT2D eigenvalue weighted by molar-refractivity contribution is 14.1. The monoisotopic (exact) mass is 319 g/mol. The molecular weight excluding hydrogens is 315 g/mol. The maximum Gasteiger partial charge on any atom is 0.265 e. The van der Waals surface area contributed by atoms with E-state index in [4.69, 9.17) is 10.5 Å². The average molecular weight is 319 g/mol. The molecule has 0 N–H and O–H groups in total. The SMILES string of the molecule is N#CCc1cc(C(F)F)c(I)c(C#N)n1. The van der Waals surface area contributed by atoms with Crippen molar-refractivity contribution in [3.05, 3.63) is 26.6 Å². The maximum absolute atomic E-state index is 12.5. The molecule has 0 aliphatic carbocycles. The van der Waals surface area contributed by atoms with Crippen molar-refractivity contribution in [2.24, 2.45) is 0 Å². The van der Waals surface area contributed by atoms with Crippen molar-refractivity contribution in [3.63, 3.8) is 0 Å². The summed E-state index contributed by atoms with van der Waals surface area (Å²) >= 11 is 1.65. The van der Waals surface area contributed by atoms with Gasteiger partial charge in [0.25, 0.3) is 6.43 Å². The Morgan fingerprint density at radius 1 is 1.47 bits per heavy atom. The van der Waals surface area contributed by atoms with Gasteiger partial charge >= 0.3 is 0 Å². The van der Waals surface area contributed by atoms with Crippen LogP contribution in [-0.4, -0.2) is 4.98 Å². The van der Waals surface area contributed by atoms with Gasteiger partial charge in [-0.1, -0.05) is 0 Å². The van der Waals surface area contributed by atoms with Crippen molar-refractivity contribution in [2.45, 2.75) is 12.8 Å². The fourth-order valence-corrected chi connectivity index (χ4v) is 1.64.